The zero-order chi connectivity index (χ0) is 17.5. The first-order valence-corrected chi connectivity index (χ1v) is 9.18. The van der Waals surface area contributed by atoms with Gasteiger partial charge in [-0.25, -0.2) is 13.2 Å². The van der Waals surface area contributed by atoms with E-state index in [1.807, 2.05) is 0 Å². The molecule has 0 heterocycles. The summed E-state index contributed by atoms with van der Waals surface area (Å²) >= 11 is 0. The number of alkyl carbamates (subject to hydrolysis) is 1. The van der Waals surface area contributed by atoms with Gasteiger partial charge in [-0.3, -0.25) is 0 Å². The number of rotatable bonds is 4. The summed E-state index contributed by atoms with van der Waals surface area (Å²) in [4.78, 5) is 23.7. The third-order valence-corrected chi connectivity index (χ3v) is 5.30. The van der Waals surface area contributed by atoms with Crippen LogP contribution in [-0.4, -0.2) is 43.4 Å². The monoisotopic (exact) mass is 339 g/mol. The van der Waals surface area contributed by atoms with Crippen LogP contribution < -0.4 is 5.32 Å². The van der Waals surface area contributed by atoms with Crippen molar-refractivity contribution >= 4 is 22.2 Å². The molecule has 2 rings (SSSR count). The van der Waals surface area contributed by atoms with Gasteiger partial charge in [0.1, 0.15) is 22.7 Å². The Morgan fingerprint density at radius 2 is 1.83 bits per heavy atom. The average molecular weight is 339 g/mol. The van der Waals surface area contributed by atoms with Gasteiger partial charge in [-0.15, -0.1) is 0 Å². The fourth-order valence-electron chi connectivity index (χ4n) is 2.89. The fraction of sp³-hybridized carbons (Fsp3) is 0.500. The van der Waals surface area contributed by atoms with E-state index in [0.717, 1.165) is 6.26 Å². The molecule has 1 N–H and O–H groups in total. The van der Waals surface area contributed by atoms with Gasteiger partial charge < -0.3 is 14.8 Å². The number of aldehydes is 1. The van der Waals surface area contributed by atoms with E-state index >= 15 is 0 Å². The Bertz CT molecular complexity index is 708. The molecule has 7 heteroatoms. The maximum atomic E-state index is 12.1. The highest BCUT2D eigenvalue weighted by molar-refractivity contribution is 7.91. The minimum Gasteiger partial charge on any atom is -0.444 e. The molecule has 1 amide bonds. The number of hydrogen-bond acceptors (Lipinski definition) is 5. The van der Waals surface area contributed by atoms with Gasteiger partial charge in [0, 0.05) is 12.2 Å². The SMILES string of the molecule is CC(C)(C)OC(=O)N[C@@]1(C=O)[C@H](S(C)(=O)=O)[C@@H]1c1ccccc1. The summed E-state index contributed by atoms with van der Waals surface area (Å²) in [5, 5.41) is 1.47. The van der Waals surface area contributed by atoms with E-state index in [9.17, 15) is 18.0 Å². The van der Waals surface area contributed by atoms with Crippen molar-refractivity contribution in [2.75, 3.05) is 6.26 Å². The first-order valence-electron chi connectivity index (χ1n) is 7.22. The molecule has 0 radical (unpaired) electrons. The second-order valence-electron chi connectivity index (χ2n) is 6.82. The molecular weight excluding hydrogens is 318 g/mol. The van der Waals surface area contributed by atoms with Crippen LogP contribution in [0.3, 0.4) is 0 Å². The van der Waals surface area contributed by atoms with Gasteiger partial charge in [-0.2, -0.15) is 0 Å². The summed E-state index contributed by atoms with van der Waals surface area (Å²) in [5.74, 6) is -0.622. The van der Waals surface area contributed by atoms with Crippen LogP contribution in [0.4, 0.5) is 4.79 Å². The summed E-state index contributed by atoms with van der Waals surface area (Å²) in [6, 6.07) is 8.80. The third kappa shape index (κ3) is 3.55. The molecule has 0 aromatic heterocycles. The second kappa shape index (κ2) is 5.63. The summed E-state index contributed by atoms with van der Waals surface area (Å²) < 4.78 is 29.3. The number of nitrogens with one attached hydrogen (secondary N) is 1. The van der Waals surface area contributed by atoms with Gasteiger partial charge in [0.15, 0.2) is 9.84 Å². The van der Waals surface area contributed by atoms with Crippen molar-refractivity contribution in [1.29, 1.82) is 0 Å². The topological polar surface area (TPSA) is 89.5 Å². The zero-order valence-electron chi connectivity index (χ0n) is 13.6. The molecule has 0 spiro atoms. The summed E-state index contributed by atoms with van der Waals surface area (Å²) in [6.45, 7) is 5.07. The Morgan fingerprint density at radius 1 is 1.26 bits per heavy atom. The Balaban J connectivity index is 2.35. The van der Waals surface area contributed by atoms with Crippen LogP contribution in [0.25, 0.3) is 0 Å². The maximum absolute atomic E-state index is 12.1. The number of benzene rings is 1. The smallest absolute Gasteiger partial charge is 0.408 e. The molecule has 0 bridgehead atoms. The highest BCUT2D eigenvalue weighted by Crippen LogP contribution is 2.54. The minimum atomic E-state index is -3.54. The number of carbonyl (C=O) groups excluding carboxylic acids is 2. The quantitative estimate of drug-likeness (QED) is 0.843. The lowest BCUT2D eigenvalue weighted by Gasteiger charge is -2.22. The molecule has 1 fully saturated rings. The lowest BCUT2D eigenvalue weighted by atomic mass is 10.1. The molecule has 1 saturated carbocycles. The molecule has 23 heavy (non-hydrogen) atoms. The normalized spacial score (nSPS) is 27.1. The number of amides is 1. The number of ether oxygens (including phenoxy) is 1. The van der Waals surface area contributed by atoms with Gasteiger partial charge in [0.2, 0.25) is 0 Å². The van der Waals surface area contributed by atoms with Crippen molar-refractivity contribution in [2.24, 2.45) is 0 Å². The van der Waals surface area contributed by atoms with Crippen molar-refractivity contribution < 1.29 is 22.7 Å². The van der Waals surface area contributed by atoms with Crippen LogP contribution in [0.5, 0.6) is 0 Å². The van der Waals surface area contributed by atoms with E-state index < -0.39 is 38.2 Å². The number of sulfone groups is 1. The standard InChI is InChI=1S/C16H21NO5S/c1-15(2,3)22-14(19)17-16(10-18)12(13(16)23(4,20)21)11-8-6-5-7-9-11/h5-10,12-13H,1-4H3,(H,17,19)/t12-,13+,16+/m0/s1. The Morgan fingerprint density at radius 3 is 2.26 bits per heavy atom. The van der Waals surface area contributed by atoms with E-state index in [1.165, 1.54) is 0 Å². The Hall–Kier alpha value is -1.89. The molecule has 6 nitrogen and oxygen atoms in total. The van der Waals surface area contributed by atoms with Crippen molar-refractivity contribution in [3.05, 3.63) is 35.9 Å². The van der Waals surface area contributed by atoms with Crippen LogP contribution in [-0.2, 0) is 19.4 Å². The molecule has 1 aliphatic carbocycles. The van der Waals surface area contributed by atoms with Crippen molar-refractivity contribution in [3.63, 3.8) is 0 Å². The predicted molar refractivity (Wildman–Crippen MR) is 86.0 cm³/mol. The molecule has 1 aromatic carbocycles. The number of carbonyl (C=O) groups is 2. The fourth-order valence-corrected chi connectivity index (χ4v) is 4.65. The lowest BCUT2D eigenvalue weighted by molar-refractivity contribution is -0.110. The molecule has 0 unspecified atom stereocenters. The van der Waals surface area contributed by atoms with E-state index in [0.29, 0.717) is 11.8 Å². The van der Waals surface area contributed by atoms with Crippen molar-refractivity contribution in [2.45, 2.75) is 43.1 Å². The first-order chi connectivity index (χ1) is 10.5. The van der Waals surface area contributed by atoms with Gasteiger partial charge in [0.25, 0.3) is 0 Å². The summed E-state index contributed by atoms with van der Waals surface area (Å²) in [6.07, 6.45) is 0.757. The van der Waals surface area contributed by atoms with Crippen LogP contribution in [0.15, 0.2) is 30.3 Å². The van der Waals surface area contributed by atoms with Crippen LogP contribution in [0, 0.1) is 0 Å². The first kappa shape index (κ1) is 17.5. The second-order valence-corrected chi connectivity index (χ2v) is 8.98. The maximum Gasteiger partial charge on any atom is 0.408 e. The van der Waals surface area contributed by atoms with E-state index in [4.69, 9.17) is 4.74 Å². The van der Waals surface area contributed by atoms with Crippen LogP contribution in [0.2, 0.25) is 0 Å². The molecule has 0 aliphatic heterocycles. The van der Waals surface area contributed by atoms with Gasteiger partial charge in [-0.1, -0.05) is 30.3 Å². The molecule has 1 aromatic rings. The van der Waals surface area contributed by atoms with E-state index in [2.05, 4.69) is 5.32 Å². The van der Waals surface area contributed by atoms with Gasteiger partial charge in [-0.05, 0) is 26.3 Å². The third-order valence-electron chi connectivity index (χ3n) is 3.71. The summed E-state index contributed by atoms with van der Waals surface area (Å²) in [7, 11) is -3.54. The van der Waals surface area contributed by atoms with E-state index in [-0.39, 0.29) is 0 Å². The highest BCUT2D eigenvalue weighted by atomic mass is 32.2. The van der Waals surface area contributed by atoms with Crippen molar-refractivity contribution in [1.82, 2.24) is 5.32 Å². The molecule has 126 valence electrons. The van der Waals surface area contributed by atoms with Crippen LogP contribution >= 0.6 is 0 Å². The molecule has 1 aliphatic rings. The van der Waals surface area contributed by atoms with Gasteiger partial charge in [0.05, 0.1) is 0 Å². The Labute approximate surface area is 136 Å². The number of hydrogen-bond donors (Lipinski definition) is 1. The molecular formula is C16H21NO5S. The summed E-state index contributed by atoms with van der Waals surface area (Å²) in [5.41, 5.74) is -1.55. The average Bonchev–Trinajstić information content (AvgIpc) is 3.06. The lowest BCUT2D eigenvalue weighted by Crippen LogP contribution is -2.45. The zero-order valence-corrected chi connectivity index (χ0v) is 14.4. The molecule has 0 saturated heterocycles. The van der Waals surface area contributed by atoms with E-state index in [1.54, 1.807) is 51.1 Å². The van der Waals surface area contributed by atoms with Gasteiger partial charge >= 0.3 is 6.09 Å². The minimum absolute atomic E-state index is 0.500. The Kier molecular flexibility index (Phi) is 4.28. The highest BCUT2D eigenvalue weighted by Gasteiger charge is 2.71. The van der Waals surface area contributed by atoms with Crippen molar-refractivity contribution in [3.8, 4) is 0 Å². The predicted octanol–water partition coefficient (Wildman–Crippen LogP) is 1.66. The molecule has 3 atom stereocenters. The van der Waals surface area contributed by atoms with Crippen LogP contribution in [0.1, 0.15) is 32.3 Å². The largest absolute Gasteiger partial charge is 0.444 e.